The van der Waals surface area contributed by atoms with Gasteiger partial charge in [-0.3, -0.25) is 4.79 Å². The first kappa shape index (κ1) is 17.6. The van der Waals surface area contributed by atoms with E-state index in [1.807, 2.05) is 17.0 Å². The maximum Gasteiger partial charge on any atom is 0.264 e. The number of rotatable bonds is 3. The molecular formula is C21H22N4O2S. The van der Waals surface area contributed by atoms with Crippen LogP contribution in [0.15, 0.2) is 42.7 Å². The van der Waals surface area contributed by atoms with Crippen molar-refractivity contribution in [1.29, 1.82) is 0 Å². The summed E-state index contributed by atoms with van der Waals surface area (Å²) < 4.78 is 6.61. The molecule has 144 valence electrons. The molecule has 28 heavy (non-hydrogen) atoms. The van der Waals surface area contributed by atoms with Crippen LogP contribution in [-0.4, -0.2) is 60.2 Å². The number of hydrogen-bond donors (Lipinski definition) is 0. The van der Waals surface area contributed by atoms with Crippen molar-refractivity contribution in [3.8, 4) is 0 Å². The molecule has 2 aromatic heterocycles. The highest BCUT2D eigenvalue weighted by atomic mass is 32.1. The monoisotopic (exact) mass is 394 g/mol. The summed E-state index contributed by atoms with van der Waals surface area (Å²) >= 11 is 1.63. The Morgan fingerprint density at radius 2 is 1.86 bits per heavy atom. The average molecular weight is 395 g/mol. The summed E-state index contributed by atoms with van der Waals surface area (Å²) in [6.45, 7) is 4.32. The fourth-order valence-corrected chi connectivity index (χ4v) is 5.43. The summed E-state index contributed by atoms with van der Waals surface area (Å²) in [5.41, 5.74) is 1.20. The number of amides is 1. The Balaban J connectivity index is 1.50. The lowest BCUT2D eigenvalue weighted by atomic mass is 9.94. The van der Waals surface area contributed by atoms with Crippen molar-refractivity contribution < 1.29 is 9.53 Å². The second kappa shape index (κ2) is 7.48. The van der Waals surface area contributed by atoms with E-state index < -0.39 is 0 Å². The molecule has 2 fully saturated rings. The number of fused-ring (bicyclic) bond motifs is 1. The summed E-state index contributed by atoms with van der Waals surface area (Å²) in [5, 5.41) is 1.21. The highest BCUT2D eigenvalue weighted by Gasteiger charge is 2.33. The molecule has 0 N–H and O–H groups in total. The fraction of sp³-hybridized carbons (Fsp3) is 0.381. The molecule has 0 radical (unpaired) electrons. The van der Waals surface area contributed by atoms with Gasteiger partial charge in [0.05, 0.1) is 18.1 Å². The molecule has 0 spiro atoms. The van der Waals surface area contributed by atoms with Gasteiger partial charge in [-0.1, -0.05) is 18.2 Å². The SMILES string of the molecule is O=C(c1sc2ccccc2c1C1CCN(c2ncccn2)C1)N1CCOCC1. The molecule has 1 amide bonds. The Labute approximate surface area is 167 Å². The number of anilines is 1. The van der Waals surface area contributed by atoms with Crippen LogP contribution < -0.4 is 4.90 Å². The highest BCUT2D eigenvalue weighted by Crippen LogP contribution is 2.41. The van der Waals surface area contributed by atoms with E-state index in [9.17, 15) is 4.79 Å². The normalized spacial score (nSPS) is 20.1. The van der Waals surface area contributed by atoms with Crippen LogP contribution in [-0.2, 0) is 4.74 Å². The Morgan fingerprint density at radius 3 is 2.68 bits per heavy atom. The van der Waals surface area contributed by atoms with Gasteiger partial charge in [-0.15, -0.1) is 11.3 Å². The smallest absolute Gasteiger partial charge is 0.264 e. The van der Waals surface area contributed by atoms with Crippen LogP contribution in [0.25, 0.3) is 10.1 Å². The largest absolute Gasteiger partial charge is 0.378 e. The van der Waals surface area contributed by atoms with E-state index in [2.05, 4.69) is 33.1 Å². The van der Waals surface area contributed by atoms with Crippen molar-refractivity contribution in [2.45, 2.75) is 12.3 Å². The molecule has 0 bridgehead atoms. The summed E-state index contributed by atoms with van der Waals surface area (Å²) in [7, 11) is 0. The van der Waals surface area contributed by atoms with Gasteiger partial charge in [0.2, 0.25) is 5.95 Å². The summed E-state index contributed by atoms with van der Waals surface area (Å²) in [4.78, 5) is 27.2. The predicted octanol–water partition coefficient (Wildman–Crippen LogP) is 3.16. The molecule has 1 unspecified atom stereocenters. The van der Waals surface area contributed by atoms with Gasteiger partial charge in [0.1, 0.15) is 0 Å². The van der Waals surface area contributed by atoms with Crippen molar-refractivity contribution in [3.05, 3.63) is 53.2 Å². The van der Waals surface area contributed by atoms with Gasteiger partial charge in [-0.2, -0.15) is 0 Å². The van der Waals surface area contributed by atoms with Gasteiger partial charge >= 0.3 is 0 Å². The van der Waals surface area contributed by atoms with Crippen LogP contribution in [0.3, 0.4) is 0 Å². The quantitative estimate of drug-likeness (QED) is 0.683. The number of thiophene rings is 1. The Bertz CT molecular complexity index is 984. The van der Waals surface area contributed by atoms with E-state index in [1.165, 1.54) is 15.6 Å². The number of hydrogen-bond acceptors (Lipinski definition) is 6. The minimum absolute atomic E-state index is 0.147. The van der Waals surface area contributed by atoms with Crippen LogP contribution in [0.5, 0.6) is 0 Å². The van der Waals surface area contributed by atoms with E-state index in [0.29, 0.717) is 32.2 Å². The number of benzene rings is 1. The number of nitrogens with zero attached hydrogens (tertiary/aromatic N) is 4. The first-order chi connectivity index (χ1) is 13.8. The molecule has 2 aliphatic rings. The molecule has 3 aromatic rings. The number of carbonyl (C=O) groups excluding carboxylic acids is 1. The maximum atomic E-state index is 13.3. The van der Waals surface area contributed by atoms with Crippen molar-refractivity contribution >= 4 is 33.3 Å². The van der Waals surface area contributed by atoms with E-state index in [0.717, 1.165) is 30.3 Å². The molecule has 0 saturated carbocycles. The predicted molar refractivity (Wildman–Crippen MR) is 110 cm³/mol. The van der Waals surface area contributed by atoms with Gasteiger partial charge < -0.3 is 14.5 Å². The van der Waals surface area contributed by atoms with Crippen LogP contribution in [0.1, 0.15) is 27.6 Å². The number of carbonyl (C=O) groups is 1. The lowest BCUT2D eigenvalue weighted by Gasteiger charge is -2.27. The molecule has 1 atom stereocenters. The third kappa shape index (κ3) is 3.14. The van der Waals surface area contributed by atoms with Crippen molar-refractivity contribution in [2.75, 3.05) is 44.3 Å². The van der Waals surface area contributed by atoms with Crippen molar-refractivity contribution in [2.24, 2.45) is 0 Å². The van der Waals surface area contributed by atoms with Gasteiger partial charge in [0.25, 0.3) is 5.91 Å². The highest BCUT2D eigenvalue weighted by molar-refractivity contribution is 7.21. The van der Waals surface area contributed by atoms with Crippen molar-refractivity contribution in [3.63, 3.8) is 0 Å². The molecule has 1 aromatic carbocycles. The van der Waals surface area contributed by atoms with Gasteiger partial charge in [-0.05, 0) is 29.5 Å². The molecule has 6 nitrogen and oxygen atoms in total. The molecule has 5 rings (SSSR count). The Morgan fingerprint density at radius 1 is 1.07 bits per heavy atom. The molecule has 2 aliphatic heterocycles. The van der Waals surface area contributed by atoms with Crippen LogP contribution in [0.4, 0.5) is 5.95 Å². The zero-order valence-corrected chi connectivity index (χ0v) is 16.4. The fourth-order valence-electron chi connectivity index (χ4n) is 4.17. The third-order valence-electron chi connectivity index (χ3n) is 5.56. The first-order valence-corrected chi connectivity index (χ1v) is 10.5. The minimum Gasteiger partial charge on any atom is -0.378 e. The van der Waals surface area contributed by atoms with E-state index in [-0.39, 0.29) is 5.91 Å². The Kier molecular flexibility index (Phi) is 4.70. The van der Waals surface area contributed by atoms with Gasteiger partial charge in [-0.25, -0.2) is 9.97 Å². The second-order valence-electron chi connectivity index (χ2n) is 7.23. The lowest BCUT2D eigenvalue weighted by Crippen LogP contribution is -2.40. The zero-order chi connectivity index (χ0) is 18.9. The van der Waals surface area contributed by atoms with Crippen LogP contribution in [0, 0.1) is 0 Å². The third-order valence-corrected chi connectivity index (χ3v) is 6.73. The van der Waals surface area contributed by atoms with Crippen LogP contribution >= 0.6 is 11.3 Å². The first-order valence-electron chi connectivity index (χ1n) is 9.71. The zero-order valence-electron chi connectivity index (χ0n) is 15.6. The van der Waals surface area contributed by atoms with E-state index >= 15 is 0 Å². The summed E-state index contributed by atoms with van der Waals surface area (Å²) in [6, 6.07) is 10.2. The second-order valence-corrected chi connectivity index (χ2v) is 8.28. The molecule has 4 heterocycles. The molecule has 2 saturated heterocycles. The Hall–Kier alpha value is -2.51. The lowest BCUT2D eigenvalue weighted by molar-refractivity contribution is 0.0305. The molecule has 7 heteroatoms. The van der Waals surface area contributed by atoms with E-state index in [1.54, 1.807) is 23.7 Å². The number of aromatic nitrogens is 2. The number of morpholine rings is 1. The summed E-state index contributed by atoms with van der Waals surface area (Å²) in [6.07, 6.45) is 4.56. The van der Waals surface area contributed by atoms with Gasteiger partial charge in [0, 0.05) is 49.2 Å². The average Bonchev–Trinajstić information content (AvgIpc) is 3.39. The minimum atomic E-state index is 0.147. The topological polar surface area (TPSA) is 58.6 Å². The van der Waals surface area contributed by atoms with Crippen molar-refractivity contribution in [1.82, 2.24) is 14.9 Å². The standard InChI is InChI=1S/C21H22N4O2S/c26-20(24-10-12-27-13-11-24)19-18(16-4-1-2-5-17(16)28-19)15-6-9-25(14-15)21-22-7-3-8-23-21/h1-5,7-8,15H,6,9-14H2. The number of ether oxygens (including phenoxy) is 1. The van der Waals surface area contributed by atoms with Crippen LogP contribution in [0.2, 0.25) is 0 Å². The van der Waals surface area contributed by atoms with E-state index in [4.69, 9.17) is 4.74 Å². The maximum absolute atomic E-state index is 13.3. The van der Waals surface area contributed by atoms with Gasteiger partial charge in [0.15, 0.2) is 0 Å². The summed E-state index contributed by atoms with van der Waals surface area (Å²) in [5.74, 6) is 1.22. The molecule has 0 aliphatic carbocycles. The molecular weight excluding hydrogens is 372 g/mol.